The maximum absolute atomic E-state index is 12.8. The average molecular weight is 432 g/mol. The summed E-state index contributed by atoms with van der Waals surface area (Å²) in [7, 11) is 0. The molecule has 8 nitrogen and oxygen atoms in total. The summed E-state index contributed by atoms with van der Waals surface area (Å²) >= 11 is 5.83. The minimum Gasteiger partial charge on any atom is -0.481 e. The third-order valence-electron chi connectivity index (χ3n) is 5.25. The zero-order valence-corrected chi connectivity index (χ0v) is 17.0. The third kappa shape index (κ3) is 5.14. The van der Waals surface area contributed by atoms with Crippen LogP contribution in [-0.4, -0.2) is 57.9 Å². The lowest BCUT2D eigenvalue weighted by Crippen LogP contribution is -2.49. The van der Waals surface area contributed by atoms with Crippen LogP contribution in [-0.2, 0) is 4.79 Å². The number of amides is 1. The van der Waals surface area contributed by atoms with E-state index in [0.717, 1.165) is 5.56 Å². The number of nitro groups is 1. The molecule has 1 atom stereocenters. The van der Waals surface area contributed by atoms with E-state index in [-0.39, 0.29) is 34.6 Å². The van der Waals surface area contributed by atoms with Crippen LogP contribution in [0.4, 0.5) is 5.69 Å². The number of hydrogen-bond donors (Lipinski definition) is 1. The van der Waals surface area contributed by atoms with Gasteiger partial charge in [-0.15, -0.1) is 0 Å². The van der Waals surface area contributed by atoms with Crippen molar-refractivity contribution in [2.24, 2.45) is 0 Å². The van der Waals surface area contributed by atoms with Crippen molar-refractivity contribution in [3.05, 3.63) is 74.8 Å². The van der Waals surface area contributed by atoms with Crippen LogP contribution in [0.5, 0.6) is 0 Å². The van der Waals surface area contributed by atoms with E-state index < -0.39 is 10.9 Å². The molecule has 2 aromatic rings. The van der Waals surface area contributed by atoms with Crippen molar-refractivity contribution in [3.63, 3.8) is 0 Å². The van der Waals surface area contributed by atoms with Gasteiger partial charge in [-0.3, -0.25) is 24.6 Å². The fourth-order valence-corrected chi connectivity index (χ4v) is 3.89. The molecule has 1 N–H and O–H groups in total. The van der Waals surface area contributed by atoms with Crippen LogP contribution in [0.15, 0.2) is 48.5 Å². The summed E-state index contributed by atoms with van der Waals surface area (Å²) in [5.74, 6) is -1.12. The molecule has 1 heterocycles. The van der Waals surface area contributed by atoms with Gasteiger partial charge in [0.2, 0.25) is 0 Å². The molecule has 158 valence electrons. The highest BCUT2D eigenvalue weighted by atomic mass is 35.5. The quantitative estimate of drug-likeness (QED) is 0.530. The van der Waals surface area contributed by atoms with E-state index in [1.807, 2.05) is 30.3 Å². The van der Waals surface area contributed by atoms with Crippen LogP contribution in [0.25, 0.3) is 0 Å². The molecule has 0 aromatic heterocycles. The molecule has 0 unspecified atom stereocenters. The first-order valence-corrected chi connectivity index (χ1v) is 9.98. The normalized spacial score (nSPS) is 15.6. The number of aliphatic carboxylic acids is 1. The predicted octanol–water partition coefficient (Wildman–Crippen LogP) is 3.61. The lowest BCUT2D eigenvalue weighted by molar-refractivity contribution is -0.384. The van der Waals surface area contributed by atoms with Crippen LogP contribution in [0.3, 0.4) is 0 Å². The van der Waals surface area contributed by atoms with Gasteiger partial charge in [0.15, 0.2) is 0 Å². The maximum atomic E-state index is 12.8. The summed E-state index contributed by atoms with van der Waals surface area (Å²) in [6, 6.07) is 13.7. The molecular formula is C21H22ClN3O5. The summed E-state index contributed by atoms with van der Waals surface area (Å²) in [6.07, 6.45) is 0.545. The Hall–Kier alpha value is -2.97. The van der Waals surface area contributed by atoms with Crippen LogP contribution in [0.1, 0.15) is 34.8 Å². The number of halogens is 1. The lowest BCUT2D eigenvalue weighted by Gasteiger charge is -2.39. The molecule has 0 spiro atoms. The first-order chi connectivity index (χ1) is 14.4. The van der Waals surface area contributed by atoms with Gasteiger partial charge in [-0.05, 0) is 24.1 Å². The van der Waals surface area contributed by atoms with Crippen LogP contribution in [0, 0.1) is 10.1 Å². The van der Waals surface area contributed by atoms with E-state index in [1.54, 1.807) is 4.90 Å². The zero-order valence-electron chi connectivity index (χ0n) is 16.2. The molecule has 0 bridgehead atoms. The highest BCUT2D eigenvalue weighted by Gasteiger charge is 2.28. The Labute approximate surface area is 178 Å². The Bertz CT molecular complexity index is 929. The molecule has 1 aliphatic heterocycles. The molecular weight excluding hydrogens is 410 g/mol. The van der Waals surface area contributed by atoms with Crippen molar-refractivity contribution < 1.29 is 19.6 Å². The second kappa shape index (κ2) is 9.69. The highest BCUT2D eigenvalue weighted by molar-refractivity contribution is 6.32. The van der Waals surface area contributed by atoms with Gasteiger partial charge in [0.25, 0.3) is 11.6 Å². The summed E-state index contributed by atoms with van der Waals surface area (Å²) in [6.45, 7) is 2.07. The Morgan fingerprint density at radius 3 is 2.37 bits per heavy atom. The number of carbonyl (C=O) groups excluding carboxylic acids is 1. The molecule has 9 heteroatoms. The minimum absolute atomic E-state index is 0.00879. The van der Waals surface area contributed by atoms with Gasteiger partial charge in [0.05, 0.1) is 4.92 Å². The van der Waals surface area contributed by atoms with Gasteiger partial charge >= 0.3 is 5.97 Å². The molecule has 0 saturated carbocycles. The maximum Gasteiger partial charge on any atom is 0.303 e. The molecule has 1 aliphatic rings. The SMILES string of the molecule is O=C(O)CC[C@H](c1ccccc1)N1CCN(C(=O)c2ccc(Cl)c([N+](=O)[O-])c2)CC1. The predicted molar refractivity (Wildman–Crippen MR) is 112 cm³/mol. The largest absolute Gasteiger partial charge is 0.481 e. The number of nitro benzene ring substituents is 1. The molecule has 0 radical (unpaired) electrons. The van der Waals surface area contributed by atoms with E-state index in [2.05, 4.69) is 4.90 Å². The van der Waals surface area contributed by atoms with Crippen LogP contribution >= 0.6 is 11.6 Å². The number of carboxylic acids is 1. The van der Waals surface area contributed by atoms with Gasteiger partial charge in [0.1, 0.15) is 5.02 Å². The molecule has 3 rings (SSSR count). The molecule has 0 aliphatic carbocycles. The fraction of sp³-hybridized carbons (Fsp3) is 0.333. The van der Waals surface area contributed by atoms with E-state index in [1.165, 1.54) is 18.2 Å². The van der Waals surface area contributed by atoms with E-state index in [0.29, 0.717) is 32.6 Å². The number of piperazine rings is 1. The first kappa shape index (κ1) is 21.7. The van der Waals surface area contributed by atoms with Gasteiger partial charge in [-0.25, -0.2) is 0 Å². The zero-order chi connectivity index (χ0) is 21.7. The second-order valence-electron chi connectivity index (χ2n) is 7.11. The van der Waals surface area contributed by atoms with E-state index in [4.69, 9.17) is 16.7 Å². The number of rotatable bonds is 7. The Morgan fingerprint density at radius 2 is 1.77 bits per heavy atom. The standard InChI is InChI=1S/C21H22ClN3O5/c22-17-7-6-16(14-19(17)25(29)30)21(28)24-12-10-23(11-13-24)18(8-9-20(26)27)15-4-2-1-3-5-15/h1-7,14,18H,8-13H2,(H,26,27)/t18-/m1/s1. The second-order valence-corrected chi connectivity index (χ2v) is 7.52. The van der Waals surface area contributed by atoms with Gasteiger partial charge in [-0.2, -0.15) is 0 Å². The summed E-state index contributed by atoms with van der Waals surface area (Å²) in [4.78, 5) is 38.2. The van der Waals surface area contributed by atoms with Crippen molar-refractivity contribution in [2.75, 3.05) is 26.2 Å². The van der Waals surface area contributed by atoms with Crippen molar-refractivity contribution in [2.45, 2.75) is 18.9 Å². The van der Waals surface area contributed by atoms with Crippen molar-refractivity contribution in [1.82, 2.24) is 9.80 Å². The van der Waals surface area contributed by atoms with Gasteiger partial charge in [0, 0.05) is 50.3 Å². The van der Waals surface area contributed by atoms with Gasteiger partial charge < -0.3 is 10.0 Å². The van der Waals surface area contributed by atoms with E-state index in [9.17, 15) is 19.7 Å². The highest BCUT2D eigenvalue weighted by Crippen LogP contribution is 2.28. The third-order valence-corrected chi connectivity index (χ3v) is 5.57. The topological polar surface area (TPSA) is 104 Å². The molecule has 1 saturated heterocycles. The number of benzene rings is 2. The van der Waals surface area contributed by atoms with Crippen LogP contribution < -0.4 is 0 Å². The summed E-state index contributed by atoms with van der Waals surface area (Å²) in [5.41, 5.74) is 0.982. The minimum atomic E-state index is -0.839. The fourth-order valence-electron chi connectivity index (χ4n) is 3.70. The molecule has 30 heavy (non-hydrogen) atoms. The monoisotopic (exact) mass is 431 g/mol. The molecule has 1 amide bonds. The number of carbonyl (C=O) groups is 2. The van der Waals surface area contributed by atoms with Crippen molar-refractivity contribution in [1.29, 1.82) is 0 Å². The van der Waals surface area contributed by atoms with E-state index >= 15 is 0 Å². The van der Waals surface area contributed by atoms with Crippen molar-refractivity contribution >= 4 is 29.2 Å². The van der Waals surface area contributed by atoms with Gasteiger partial charge in [-0.1, -0.05) is 41.9 Å². The Balaban J connectivity index is 1.69. The summed E-state index contributed by atoms with van der Waals surface area (Å²) in [5, 5.41) is 20.2. The molecule has 1 fully saturated rings. The number of nitrogens with zero attached hydrogens (tertiary/aromatic N) is 3. The molecule has 2 aromatic carbocycles. The lowest BCUT2D eigenvalue weighted by atomic mass is 9.99. The smallest absolute Gasteiger partial charge is 0.303 e. The number of hydrogen-bond acceptors (Lipinski definition) is 5. The first-order valence-electron chi connectivity index (χ1n) is 9.61. The summed E-state index contributed by atoms with van der Waals surface area (Å²) < 4.78 is 0. The number of carboxylic acid groups (broad SMARTS) is 1. The Morgan fingerprint density at radius 1 is 1.10 bits per heavy atom. The van der Waals surface area contributed by atoms with Crippen LogP contribution in [0.2, 0.25) is 5.02 Å². The average Bonchev–Trinajstić information content (AvgIpc) is 2.74. The Kier molecular flexibility index (Phi) is 7.02. The van der Waals surface area contributed by atoms with Crippen molar-refractivity contribution in [3.8, 4) is 0 Å².